The van der Waals surface area contributed by atoms with E-state index in [4.69, 9.17) is 28.5 Å². The third-order valence-corrected chi connectivity index (χ3v) is 4.09. The Morgan fingerprint density at radius 3 is 2.54 bits per heavy atom. The first-order valence-electron chi connectivity index (χ1n) is 6.68. The summed E-state index contributed by atoms with van der Waals surface area (Å²) >= 11 is 13.5. The number of amidine groups is 1. The highest BCUT2D eigenvalue weighted by Gasteiger charge is 2.12. The molecule has 0 aliphatic heterocycles. The molecule has 0 fully saturated rings. The summed E-state index contributed by atoms with van der Waals surface area (Å²) in [6.45, 7) is 0. The van der Waals surface area contributed by atoms with Crippen molar-refractivity contribution in [2.24, 2.45) is 4.99 Å². The van der Waals surface area contributed by atoms with Crippen molar-refractivity contribution in [1.29, 1.82) is 5.26 Å². The zero-order chi connectivity index (χ0) is 17.5. The first-order chi connectivity index (χ1) is 11.5. The smallest absolute Gasteiger partial charge is 0.255 e. The fourth-order valence-corrected chi connectivity index (χ4v) is 2.59. The number of anilines is 1. The van der Waals surface area contributed by atoms with Crippen LogP contribution in [0.5, 0.6) is 0 Å². The summed E-state index contributed by atoms with van der Waals surface area (Å²) in [4.78, 5) is 16.5. The summed E-state index contributed by atoms with van der Waals surface area (Å²) in [6.07, 6.45) is 3.57. The Kier molecular flexibility index (Phi) is 6.50. The number of benzene rings is 2. The molecule has 1 amide bonds. The van der Waals surface area contributed by atoms with Crippen LogP contribution in [-0.2, 0) is 0 Å². The van der Waals surface area contributed by atoms with Gasteiger partial charge >= 0.3 is 0 Å². The van der Waals surface area contributed by atoms with Crippen LogP contribution in [0.1, 0.15) is 10.4 Å². The van der Waals surface area contributed by atoms with Crippen molar-refractivity contribution < 1.29 is 4.79 Å². The summed E-state index contributed by atoms with van der Waals surface area (Å²) in [6, 6.07) is 11.8. The van der Waals surface area contributed by atoms with Crippen molar-refractivity contribution in [3.8, 4) is 6.19 Å². The molecule has 0 heterocycles. The maximum atomic E-state index is 12.2. The number of hydrogen-bond donors (Lipinski definition) is 2. The molecule has 5 nitrogen and oxygen atoms in total. The minimum absolute atomic E-state index is 0.294. The van der Waals surface area contributed by atoms with E-state index in [2.05, 4.69) is 15.6 Å². The first kappa shape index (κ1) is 18.1. The predicted octanol–water partition coefficient (Wildman–Crippen LogP) is 4.67. The van der Waals surface area contributed by atoms with Gasteiger partial charge in [0.15, 0.2) is 11.4 Å². The monoisotopic (exact) mass is 378 g/mol. The van der Waals surface area contributed by atoms with Crippen molar-refractivity contribution in [1.82, 2.24) is 5.32 Å². The molecule has 0 spiro atoms. The van der Waals surface area contributed by atoms with Crippen molar-refractivity contribution in [3.63, 3.8) is 0 Å². The van der Waals surface area contributed by atoms with Crippen LogP contribution < -0.4 is 10.6 Å². The van der Waals surface area contributed by atoms with Gasteiger partial charge in [0, 0.05) is 5.56 Å². The largest absolute Gasteiger partial charge is 0.321 e. The van der Waals surface area contributed by atoms with Crippen molar-refractivity contribution >= 4 is 57.4 Å². The fourth-order valence-electron chi connectivity index (χ4n) is 1.78. The summed E-state index contributed by atoms with van der Waals surface area (Å²) in [5.74, 6) is -0.296. The Morgan fingerprint density at radius 2 is 1.92 bits per heavy atom. The van der Waals surface area contributed by atoms with E-state index in [1.54, 1.807) is 42.8 Å². The summed E-state index contributed by atoms with van der Waals surface area (Å²) in [7, 11) is 0. The minimum Gasteiger partial charge on any atom is -0.321 e. The lowest BCUT2D eigenvalue weighted by atomic mass is 10.2. The number of nitrogens with one attached hydrogen (secondary N) is 2. The van der Waals surface area contributed by atoms with E-state index in [0.717, 1.165) is 0 Å². The number of nitrogens with zero attached hydrogens (tertiary/aromatic N) is 2. The molecule has 0 saturated heterocycles. The van der Waals surface area contributed by atoms with Crippen molar-refractivity contribution in [2.75, 3.05) is 11.6 Å². The standard InChI is InChI=1S/C16H12Cl2N4OS/c1-24-16(20-9-19)22-14-8-13(11(17)7-12(14)18)21-15(23)10-5-3-2-4-6-10/h2-8H,1H3,(H,20,22)(H,21,23). The third kappa shape index (κ3) is 4.65. The third-order valence-electron chi connectivity index (χ3n) is 2.90. The maximum Gasteiger partial charge on any atom is 0.255 e. The Labute approximate surface area is 153 Å². The SMILES string of the molecule is CSC(=Nc1cc(NC(=O)c2ccccc2)c(Cl)cc1Cl)NC#N. The summed E-state index contributed by atoms with van der Waals surface area (Å²) in [5, 5.41) is 14.8. The van der Waals surface area contributed by atoms with Gasteiger partial charge in [0.1, 0.15) is 0 Å². The number of carbonyl (C=O) groups is 1. The quantitative estimate of drug-likeness (QED) is 0.352. The van der Waals surface area contributed by atoms with E-state index in [-0.39, 0.29) is 5.91 Å². The fraction of sp³-hybridized carbons (Fsp3) is 0.0625. The van der Waals surface area contributed by atoms with Gasteiger partial charge in [-0.1, -0.05) is 53.2 Å². The molecule has 0 unspecified atom stereocenters. The molecule has 2 aromatic carbocycles. The van der Waals surface area contributed by atoms with Crippen LogP contribution >= 0.6 is 35.0 Å². The molecule has 122 valence electrons. The van der Waals surface area contributed by atoms with E-state index in [0.29, 0.717) is 32.2 Å². The molecule has 0 saturated carbocycles. The van der Waals surface area contributed by atoms with Crippen LogP contribution in [-0.4, -0.2) is 17.3 Å². The van der Waals surface area contributed by atoms with Gasteiger partial charge in [-0.25, -0.2) is 4.99 Å². The highest BCUT2D eigenvalue weighted by molar-refractivity contribution is 8.13. The van der Waals surface area contributed by atoms with Gasteiger partial charge in [-0.2, -0.15) is 5.26 Å². The van der Waals surface area contributed by atoms with Gasteiger partial charge in [0.05, 0.1) is 21.4 Å². The number of thioether (sulfide) groups is 1. The second-order valence-electron chi connectivity index (χ2n) is 4.46. The van der Waals surface area contributed by atoms with E-state index in [1.807, 2.05) is 6.07 Å². The maximum absolute atomic E-state index is 12.2. The van der Waals surface area contributed by atoms with Crippen molar-refractivity contribution in [2.45, 2.75) is 0 Å². The molecule has 24 heavy (non-hydrogen) atoms. The van der Waals surface area contributed by atoms with Gasteiger partial charge in [-0.05, 0) is 30.5 Å². The zero-order valence-electron chi connectivity index (χ0n) is 12.5. The lowest BCUT2D eigenvalue weighted by Crippen LogP contribution is -2.13. The highest BCUT2D eigenvalue weighted by Crippen LogP contribution is 2.35. The normalized spacial score (nSPS) is 10.8. The number of amides is 1. The van der Waals surface area contributed by atoms with E-state index in [1.165, 1.54) is 17.8 Å². The number of carbonyl (C=O) groups excluding carboxylic acids is 1. The Hall–Kier alpha value is -2.20. The molecule has 2 aromatic rings. The molecular formula is C16H12Cl2N4OS. The molecular weight excluding hydrogens is 367 g/mol. The second-order valence-corrected chi connectivity index (χ2v) is 6.07. The molecule has 8 heteroatoms. The predicted molar refractivity (Wildman–Crippen MR) is 100 cm³/mol. The van der Waals surface area contributed by atoms with E-state index < -0.39 is 0 Å². The number of rotatable bonds is 3. The van der Waals surface area contributed by atoms with E-state index >= 15 is 0 Å². The summed E-state index contributed by atoms with van der Waals surface area (Å²) in [5.41, 5.74) is 1.27. The number of aliphatic imine (C=N–C) groups is 1. The average molecular weight is 379 g/mol. The highest BCUT2D eigenvalue weighted by atomic mass is 35.5. The molecule has 2 rings (SSSR count). The van der Waals surface area contributed by atoms with Gasteiger partial charge < -0.3 is 5.32 Å². The van der Waals surface area contributed by atoms with Gasteiger partial charge in [0.25, 0.3) is 5.91 Å². The molecule has 0 aliphatic carbocycles. The lowest BCUT2D eigenvalue weighted by Gasteiger charge is -2.10. The van der Waals surface area contributed by atoms with Gasteiger partial charge in [-0.15, -0.1) is 0 Å². The molecule has 0 aliphatic rings. The van der Waals surface area contributed by atoms with Crippen LogP contribution in [0, 0.1) is 11.5 Å². The Balaban J connectivity index is 2.33. The van der Waals surface area contributed by atoms with Gasteiger partial charge in [-0.3, -0.25) is 10.1 Å². The minimum atomic E-state index is -0.296. The average Bonchev–Trinajstić information content (AvgIpc) is 2.59. The van der Waals surface area contributed by atoms with Crippen LogP contribution in [0.15, 0.2) is 47.5 Å². The Bertz CT molecular complexity index is 819. The second kappa shape index (κ2) is 8.60. The number of nitriles is 1. The van der Waals surface area contributed by atoms with E-state index in [9.17, 15) is 4.79 Å². The Morgan fingerprint density at radius 1 is 1.21 bits per heavy atom. The molecule has 0 radical (unpaired) electrons. The van der Waals surface area contributed by atoms with Crippen LogP contribution in [0.4, 0.5) is 11.4 Å². The van der Waals surface area contributed by atoms with Gasteiger partial charge in [0.2, 0.25) is 0 Å². The van der Waals surface area contributed by atoms with Crippen LogP contribution in [0.3, 0.4) is 0 Å². The summed E-state index contributed by atoms with van der Waals surface area (Å²) < 4.78 is 0. The van der Waals surface area contributed by atoms with Crippen molar-refractivity contribution in [3.05, 3.63) is 58.1 Å². The lowest BCUT2D eigenvalue weighted by molar-refractivity contribution is 0.102. The molecule has 2 N–H and O–H groups in total. The molecule has 0 atom stereocenters. The number of halogens is 2. The molecule has 0 bridgehead atoms. The first-order valence-corrected chi connectivity index (χ1v) is 8.66. The zero-order valence-corrected chi connectivity index (χ0v) is 14.8. The van der Waals surface area contributed by atoms with Crippen LogP contribution in [0.2, 0.25) is 10.0 Å². The number of hydrogen-bond acceptors (Lipinski definition) is 4. The van der Waals surface area contributed by atoms with Crippen LogP contribution in [0.25, 0.3) is 0 Å². The topological polar surface area (TPSA) is 77.3 Å². The molecule has 0 aromatic heterocycles.